The number of primary amides is 1. The van der Waals surface area contributed by atoms with Crippen LogP contribution in [0.5, 0.6) is 0 Å². The Bertz CT molecular complexity index is 1690. The van der Waals surface area contributed by atoms with Crippen LogP contribution in [0.4, 0.5) is 0 Å². The molecule has 0 bridgehead atoms. The zero-order chi connectivity index (χ0) is 35.3. The second kappa shape index (κ2) is 15.2. The van der Waals surface area contributed by atoms with Crippen LogP contribution < -0.4 is 16.4 Å². The minimum absolute atomic E-state index is 0.0177. The van der Waals surface area contributed by atoms with E-state index in [1.54, 1.807) is 26.0 Å². The van der Waals surface area contributed by atoms with Crippen LogP contribution in [0.1, 0.15) is 81.4 Å². The van der Waals surface area contributed by atoms with Crippen LogP contribution in [0.2, 0.25) is 0 Å². The largest absolute Gasteiger partial charge is 0.384 e. The van der Waals surface area contributed by atoms with Gasteiger partial charge >= 0.3 is 0 Å². The van der Waals surface area contributed by atoms with Crippen LogP contribution in [0.25, 0.3) is 10.8 Å². The first kappa shape index (κ1) is 35.6. The van der Waals surface area contributed by atoms with E-state index in [9.17, 15) is 29.1 Å². The fourth-order valence-corrected chi connectivity index (χ4v) is 6.70. The molecule has 2 aliphatic heterocycles. The summed E-state index contributed by atoms with van der Waals surface area (Å²) in [5, 5.41) is 26.2. The molecule has 14 nitrogen and oxygen atoms in total. The van der Waals surface area contributed by atoms with Crippen molar-refractivity contribution in [3.63, 3.8) is 0 Å². The van der Waals surface area contributed by atoms with E-state index in [2.05, 4.69) is 20.9 Å². The third-order valence-corrected chi connectivity index (χ3v) is 9.47. The van der Waals surface area contributed by atoms with Crippen molar-refractivity contribution in [3.8, 4) is 0 Å². The highest BCUT2D eigenvalue weighted by Crippen LogP contribution is 2.32. The number of likely N-dealkylation sites (tertiary alicyclic amines) is 1. The van der Waals surface area contributed by atoms with Gasteiger partial charge in [0.1, 0.15) is 17.7 Å². The monoisotopic (exact) mass is 675 g/mol. The SMILES string of the molecule is CC(NC(=O)[C@@H]1C[C@H](n2nncc2C(C)(C)O)CN1C(=O)C(CCCC1CCOCC1)NC(=O)c1ccc2ccccc2c1)C(=O)C(N)=O. The quantitative estimate of drug-likeness (QED) is 0.195. The zero-order valence-corrected chi connectivity index (χ0v) is 28.1. The molecule has 14 heteroatoms. The molecule has 3 aromatic rings. The summed E-state index contributed by atoms with van der Waals surface area (Å²) in [7, 11) is 0. The van der Waals surface area contributed by atoms with Crippen molar-refractivity contribution in [3.05, 3.63) is 59.9 Å². The maximum atomic E-state index is 14.5. The van der Waals surface area contributed by atoms with E-state index in [0.29, 0.717) is 43.2 Å². The first-order valence-electron chi connectivity index (χ1n) is 16.8. The lowest BCUT2D eigenvalue weighted by atomic mass is 9.93. The third-order valence-electron chi connectivity index (χ3n) is 9.47. The van der Waals surface area contributed by atoms with Crippen LogP contribution >= 0.6 is 0 Å². The Balaban J connectivity index is 1.42. The first-order valence-corrected chi connectivity index (χ1v) is 16.8. The number of nitrogens with one attached hydrogen (secondary N) is 2. The van der Waals surface area contributed by atoms with Gasteiger partial charge in [-0.2, -0.15) is 0 Å². The number of amides is 4. The highest BCUT2D eigenvalue weighted by atomic mass is 16.5. The molecule has 5 N–H and O–H groups in total. The number of carbonyl (C=O) groups excluding carboxylic acids is 5. The Hall–Kier alpha value is -4.69. The van der Waals surface area contributed by atoms with Crippen molar-refractivity contribution in [2.45, 2.75) is 89.1 Å². The lowest BCUT2D eigenvalue weighted by Crippen LogP contribution is -2.55. The van der Waals surface area contributed by atoms with E-state index in [1.165, 1.54) is 22.7 Å². The van der Waals surface area contributed by atoms with Gasteiger partial charge in [-0.05, 0) is 68.9 Å². The molecule has 0 saturated carbocycles. The second-order valence-electron chi connectivity index (χ2n) is 13.6. The second-order valence-corrected chi connectivity index (χ2v) is 13.6. The molecule has 262 valence electrons. The molecule has 0 spiro atoms. The number of aromatic nitrogens is 3. The van der Waals surface area contributed by atoms with E-state index >= 15 is 0 Å². The van der Waals surface area contributed by atoms with E-state index < -0.39 is 59.2 Å². The molecule has 1 aromatic heterocycles. The van der Waals surface area contributed by atoms with Gasteiger partial charge in [-0.1, -0.05) is 48.4 Å². The summed E-state index contributed by atoms with van der Waals surface area (Å²) in [6, 6.07) is 9.16. The normalized spacial score (nSPS) is 19.7. The molecule has 2 saturated heterocycles. The summed E-state index contributed by atoms with van der Waals surface area (Å²) in [5.41, 5.74) is 4.62. The molecule has 3 heterocycles. The van der Waals surface area contributed by atoms with Crippen molar-refractivity contribution >= 4 is 40.2 Å². The van der Waals surface area contributed by atoms with Crippen LogP contribution in [0.15, 0.2) is 48.7 Å². The molecule has 4 atom stereocenters. The van der Waals surface area contributed by atoms with Crippen molar-refractivity contribution in [2.24, 2.45) is 11.7 Å². The maximum Gasteiger partial charge on any atom is 0.287 e. The predicted octanol–water partition coefficient (Wildman–Crippen LogP) is 1.76. The Labute approximate surface area is 284 Å². The van der Waals surface area contributed by atoms with E-state index in [4.69, 9.17) is 10.5 Å². The molecule has 2 fully saturated rings. The van der Waals surface area contributed by atoms with Gasteiger partial charge in [0.2, 0.25) is 17.6 Å². The number of fused-ring (bicyclic) bond motifs is 1. The number of rotatable bonds is 13. The Kier molecular flexibility index (Phi) is 11.1. The minimum atomic E-state index is -1.32. The molecule has 2 aromatic carbocycles. The van der Waals surface area contributed by atoms with Gasteiger partial charge in [0.05, 0.1) is 24.0 Å². The molecular formula is C35H45N7O7. The van der Waals surface area contributed by atoms with Gasteiger partial charge in [-0.25, -0.2) is 4.68 Å². The maximum absolute atomic E-state index is 14.5. The van der Waals surface area contributed by atoms with Crippen molar-refractivity contribution in [1.82, 2.24) is 30.5 Å². The average Bonchev–Trinajstić information content (AvgIpc) is 3.76. The molecule has 5 rings (SSSR count). The zero-order valence-electron chi connectivity index (χ0n) is 28.1. The van der Waals surface area contributed by atoms with Gasteiger partial charge in [0, 0.05) is 31.7 Å². The topological polar surface area (TPSA) is 199 Å². The number of Topliss-reactive ketones (excluding diaryl/α,β-unsaturated/α-hetero) is 1. The number of benzene rings is 2. The summed E-state index contributed by atoms with van der Waals surface area (Å²) in [4.78, 5) is 67.0. The lowest BCUT2D eigenvalue weighted by molar-refractivity contribution is -0.142. The molecule has 2 unspecified atom stereocenters. The number of nitrogens with zero attached hydrogens (tertiary/aromatic N) is 4. The Morgan fingerprint density at radius 2 is 1.78 bits per heavy atom. The minimum Gasteiger partial charge on any atom is -0.384 e. The number of carbonyl (C=O) groups is 5. The van der Waals surface area contributed by atoms with Crippen LogP contribution in [0, 0.1) is 5.92 Å². The number of ketones is 1. The molecule has 0 aliphatic carbocycles. The number of ether oxygens (including phenoxy) is 1. The molecule has 2 aliphatic rings. The van der Waals surface area contributed by atoms with Gasteiger partial charge in [-0.15, -0.1) is 5.10 Å². The Morgan fingerprint density at radius 3 is 2.47 bits per heavy atom. The Morgan fingerprint density at radius 1 is 1.06 bits per heavy atom. The van der Waals surface area contributed by atoms with Gasteiger partial charge in [-0.3, -0.25) is 24.0 Å². The van der Waals surface area contributed by atoms with Gasteiger partial charge in [0.15, 0.2) is 0 Å². The predicted molar refractivity (Wildman–Crippen MR) is 179 cm³/mol. The molecule has 49 heavy (non-hydrogen) atoms. The standard InChI is InChI=1S/C35H45N7O7/c1-21(30(43)31(36)44)38-33(46)28-18-26(42-29(19-37-40-42)35(2,3)48)20-41(28)34(47)27(10-6-7-22-13-15-49-16-14-22)39-32(45)25-12-11-23-8-4-5-9-24(23)17-25/h4-5,8-9,11-12,17,19,21-22,26-28,48H,6-7,10,13-16,18,20H2,1-3H3,(H2,36,44)(H,38,46)(H,39,45)/t21?,26-,27?,28-/m0/s1. The average molecular weight is 676 g/mol. The van der Waals surface area contributed by atoms with Gasteiger partial charge < -0.3 is 31.1 Å². The highest BCUT2D eigenvalue weighted by Gasteiger charge is 2.45. The molecule has 4 amide bonds. The van der Waals surface area contributed by atoms with Crippen LogP contribution in [-0.2, 0) is 29.5 Å². The van der Waals surface area contributed by atoms with E-state index in [0.717, 1.165) is 30.0 Å². The highest BCUT2D eigenvalue weighted by molar-refractivity contribution is 6.37. The molecular weight excluding hydrogens is 630 g/mol. The molecule has 0 radical (unpaired) electrons. The third kappa shape index (κ3) is 8.49. The fraction of sp³-hybridized carbons (Fsp3) is 0.514. The fourth-order valence-electron chi connectivity index (χ4n) is 6.70. The first-order chi connectivity index (χ1) is 23.3. The van der Waals surface area contributed by atoms with Crippen LogP contribution in [-0.4, -0.2) is 92.3 Å². The number of aliphatic hydroxyl groups is 1. The summed E-state index contributed by atoms with van der Waals surface area (Å²) in [6.07, 6.45) is 5.21. The van der Waals surface area contributed by atoms with Crippen molar-refractivity contribution in [1.29, 1.82) is 0 Å². The van der Waals surface area contributed by atoms with Gasteiger partial charge in [0.25, 0.3) is 11.8 Å². The number of nitrogens with two attached hydrogens (primary N) is 1. The summed E-state index contributed by atoms with van der Waals surface area (Å²) >= 11 is 0. The summed E-state index contributed by atoms with van der Waals surface area (Å²) in [6.45, 7) is 5.92. The summed E-state index contributed by atoms with van der Waals surface area (Å²) < 4.78 is 6.99. The number of hydrogen-bond acceptors (Lipinski definition) is 9. The number of hydrogen-bond donors (Lipinski definition) is 4. The van der Waals surface area contributed by atoms with E-state index in [1.807, 2.05) is 30.3 Å². The van der Waals surface area contributed by atoms with Crippen molar-refractivity contribution < 1.29 is 33.8 Å². The van der Waals surface area contributed by atoms with E-state index in [-0.39, 0.29) is 13.0 Å². The smallest absolute Gasteiger partial charge is 0.287 e. The lowest BCUT2D eigenvalue weighted by Gasteiger charge is -2.30. The van der Waals surface area contributed by atoms with Crippen LogP contribution in [0.3, 0.4) is 0 Å². The summed E-state index contributed by atoms with van der Waals surface area (Å²) in [5.74, 6) is -3.27. The van der Waals surface area contributed by atoms with Crippen molar-refractivity contribution in [2.75, 3.05) is 19.8 Å².